The molecule has 1 fully saturated rings. The number of amides is 1. The number of esters is 1. The summed E-state index contributed by atoms with van der Waals surface area (Å²) >= 11 is 0. The smallest absolute Gasteiger partial charge is 0.365 e. The monoisotopic (exact) mass is 410 g/mol. The van der Waals surface area contributed by atoms with Gasteiger partial charge in [0.1, 0.15) is 6.54 Å². The number of methoxy groups -OCH3 is 1. The average Bonchev–Trinajstić information content (AvgIpc) is 2.79. The highest BCUT2D eigenvalue weighted by Gasteiger charge is 2.37. The van der Waals surface area contributed by atoms with Crippen LogP contribution in [0, 0.1) is 0 Å². The summed E-state index contributed by atoms with van der Waals surface area (Å²) in [6, 6.07) is 15.6. The van der Waals surface area contributed by atoms with E-state index in [-0.39, 0.29) is 24.5 Å². The van der Waals surface area contributed by atoms with Crippen LogP contribution in [0.1, 0.15) is 11.1 Å². The zero-order chi connectivity index (χ0) is 20.9. The zero-order valence-electron chi connectivity index (χ0n) is 17.2. The molecule has 2 aromatic rings. The molecule has 2 N–H and O–H groups in total. The maximum atomic E-state index is 12.7. The van der Waals surface area contributed by atoms with Crippen molar-refractivity contribution in [1.82, 2.24) is 0 Å². The van der Waals surface area contributed by atoms with Crippen LogP contribution < -0.4 is 15.1 Å². The number of hydrogen-bond donors (Lipinski definition) is 2. The minimum Gasteiger partial charge on any atom is -0.465 e. The van der Waals surface area contributed by atoms with Crippen molar-refractivity contribution < 1.29 is 24.0 Å². The summed E-state index contributed by atoms with van der Waals surface area (Å²) in [4.78, 5) is 28.2. The van der Waals surface area contributed by atoms with E-state index < -0.39 is 0 Å². The van der Waals surface area contributed by atoms with E-state index in [9.17, 15) is 9.59 Å². The average molecular weight is 410 g/mol. The van der Waals surface area contributed by atoms with Gasteiger partial charge in [0.25, 0.3) is 5.91 Å². The second-order valence-corrected chi connectivity index (χ2v) is 7.75. The number of morpholine rings is 1. The Balaban J connectivity index is 1.40. The SMILES string of the molecule is COC(=O)[C@H]1Cc2ccccc2C[NH+]1CC(=O)Nc1ccc(N2CCOCC2)cc1. The molecule has 2 atom stereocenters. The maximum Gasteiger partial charge on any atom is 0.365 e. The Morgan fingerprint density at radius 2 is 1.80 bits per heavy atom. The molecule has 7 heteroatoms. The quantitative estimate of drug-likeness (QED) is 0.708. The first kappa shape index (κ1) is 20.4. The normalized spacial score (nSPS) is 20.9. The standard InChI is InChI=1S/C23H27N3O4/c1-29-23(28)21-14-17-4-2-3-5-18(17)15-26(21)16-22(27)24-19-6-8-20(9-7-19)25-10-12-30-13-11-25/h2-9,21H,10-16H2,1H3,(H,24,27)/p+1/t21-/m1/s1. The van der Waals surface area contributed by atoms with Crippen LogP contribution in [0.3, 0.4) is 0 Å². The Hall–Kier alpha value is -2.90. The van der Waals surface area contributed by atoms with Crippen LogP contribution in [0.25, 0.3) is 0 Å². The molecule has 1 saturated heterocycles. The highest BCUT2D eigenvalue weighted by atomic mass is 16.5. The number of nitrogens with one attached hydrogen (secondary N) is 2. The van der Waals surface area contributed by atoms with Crippen molar-refractivity contribution in [2.45, 2.75) is 19.0 Å². The van der Waals surface area contributed by atoms with Gasteiger partial charge in [-0.3, -0.25) is 4.79 Å². The highest BCUT2D eigenvalue weighted by Crippen LogP contribution is 2.19. The molecule has 7 nitrogen and oxygen atoms in total. The zero-order valence-corrected chi connectivity index (χ0v) is 17.2. The van der Waals surface area contributed by atoms with Gasteiger partial charge in [-0.1, -0.05) is 24.3 Å². The fourth-order valence-corrected chi connectivity index (χ4v) is 4.23. The number of hydrogen-bond acceptors (Lipinski definition) is 5. The molecule has 158 valence electrons. The second-order valence-electron chi connectivity index (χ2n) is 7.75. The summed E-state index contributed by atoms with van der Waals surface area (Å²) in [7, 11) is 1.40. The lowest BCUT2D eigenvalue weighted by molar-refractivity contribution is -0.924. The van der Waals surface area contributed by atoms with E-state index in [2.05, 4.69) is 16.3 Å². The Morgan fingerprint density at radius 1 is 1.10 bits per heavy atom. The third kappa shape index (κ3) is 4.63. The molecule has 2 aliphatic heterocycles. The molecule has 0 bridgehead atoms. The second kappa shape index (κ2) is 9.28. The fraction of sp³-hybridized carbons (Fsp3) is 0.391. The number of anilines is 2. The van der Waals surface area contributed by atoms with Crippen LogP contribution in [0.15, 0.2) is 48.5 Å². The number of quaternary nitrogens is 1. The van der Waals surface area contributed by atoms with Crippen molar-refractivity contribution in [3.05, 3.63) is 59.7 Å². The third-order valence-corrected chi connectivity index (χ3v) is 5.85. The van der Waals surface area contributed by atoms with E-state index in [4.69, 9.17) is 9.47 Å². The number of carbonyl (C=O) groups excluding carboxylic acids is 2. The molecule has 0 radical (unpaired) electrons. The Bertz CT molecular complexity index is 894. The maximum absolute atomic E-state index is 12.7. The molecule has 2 heterocycles. The predicted octanol–water partition coefficient (Wildman–Crippen LogP) is 0.645. The van der Waals surface area contributed by atoms with Gasteiger partial charge < -0.3 is 24.6 Å². The van der Waals surface area contributed by atoms with Crippen LogP contribution in [-0.2, 0) is 32.0 Å². The summed E-state index contributed by atoms with van der Waals surface area (Å²) in [6.45, 7) is 4.06. The van der Waals surface area contributed by atoms with E-state index >= 15 is 0 Å². The van der Waals surface area contributed by atoms with Gasteiger partial charge in [-0.25, -0.2) is 4.79 Å². The van der Waals surface area contributed by atoms with E-state index in [1.54, 1.807) is 0 Å². The largest absolute Gasteiger partial charge is 0.465 e. The van der Waals surface area contributed by atoms with E-state index in [1.165, 1.54) is 12.7 Å². The van der Waals surface area contributed by atoms with Crippen LogP contribution in [-0.4, -0.2) is 57.9 Å². The molecule has 0 saturated carbocycles. The Labute approximate surface area is 176 Å². The molecule has 1 amide bonds. The van der Waals surface area contributed by atoms with Crippen LogP contribution in [0.5, 0.6) is 0 Å². The predicted molar refractivity (Wildman–Crippen MR) is 114 cm³/mol. The lowest BCUT2D eigenvalue weighted by Gasteiger charge is -2.31. The van der Waals surface area contributed by atoms with Crippen molar-refractivity contribution >= 4 is 23.3 Å². The number of rotatable bonds is 5. The first-order chi connectivity index (χ1) is 14.6. The summed E-state index contributed by atoms with van der Waals surface area (Å²) in [6.07, 6.45) is 0.583. The fourth-order valence-electron chi connectivity index (χ4n) is 4.23. The Kier molecular flexibility index (Phi) is 6.30. The van der Waals surface area contributed by atoms with Gasteiger partial charge in [-0.2, -0.15) is 0 Å². The van der Waals surface area contributed by atoms with E-state index in [0.717, 1.165) is 48.1 Å². The topological polar surface area (TPSA) is 72.3 Å². The number of carbonyl (C=O) groups is 2. The van der Waals surface area contributed by atoms with Gasteiger partial charge in [0.05, 0.1) is 20.3 Å². The van der Waals surface area contributed by atoms with Crippen LogP contribution in [0.4, 0.5) is 11.4 Å². The minimum atomic E-state index is -0.376. The number of fused-ring (bicyclic) bond motifs is 1. The molecule has 4 rings (SSSR count). The van der Waals surface area contributed by atoms with Crippen molar-refractivity contribution in [2.24, 2.45) is 0 Å². The van der Waals surface area contributed by atoms with Gasteiger partial charge in [0.15, 0.2) is 12.6 Å². The summed E-state index contributed by atoms with van der Waals surface area (Å²) in [5, 5.41) is 2.97. The minimum absolute atomic E-state index is 0.114. The highest BCUT2D eigenvalue weighted by molar-refractivity contribution is 5.91. The molecule has 30 heavy (non-hydrogen) atoms. The van der Waals surface area contributed by atoms with Crippen LogP contribution in [0.2, 0.25) is 0 Å². The van der Waals surface area contributed by atoms with Gasteiger partial charge in [-0.05, 0) is 29.8 Å². The van der Waals surface area contributed by atoms with E-state index in [0.29, 0.717) is 13.0 Å². The number of benzene rings is 2. The summed E-state index contributed by atoms with van der Waals surface area (Å²) in [5.74, 6) is -0.389. The molecule has 0 spiro atoms. The van der Waals surface area contributed by atoms with Crippen molar-refractivity contribution in [1.29, 1.82) is 0 Å². The number of ether oxygens (including phenoxy) is 2. The number of nitrogens with zero attached hydrogens (tertiary/aromatic N) is 1. The lowest BCUT2D eigenvalue weighted by Crippen LogP contribution is -3.17. The van der Waals surface area contributed by atoms with Crippen LogP contribution >= 0.6 is 0 Å². The third-order valence-electron chi connectivity index (χ3n) is 5.85. The lowest BCUT2D eigenvalue weighted by atomic mass is 9.94. The summed E-state index contributed by atoms with van der Waals surface area (Å²) < 4.78 is 10.4. The molecule has 0 aliphatic carbocycles. The molecular formula is C23H28N3O4+. The van der Waals surface area contributed by atoms with Gasteiger partial charge in [0, 0.05) is 36.4 Å². The first-order valence-electron chi connectivity index (χ1n) is 10.4. The first-order valence-corrected chi connectivity index (χ1v) is 10.4. The molecular weight excluding hydrogens is 382 g/mol. The Morgan fingerprint density at radius 3 is 2.50 bits per heavy atom. The van der Waals surface area contributed by atoms with Crippen molar-refractivity contribution in [3.8, 4) is 0 Å². The summed E-state index contributed by atoms with van der Waals surface area (Å²) in [5.41, 5.74) is 4.20. The van der Waals surface area contributed by atoms with Crippen molar-refractivity contribution in [2.75, 3.05) is 50.2 Å². The molecule has 2 aliphatic rings. The molecule has 2 aromatic carbocycles. The van der Waals surface area contributed by atoms with Gasteiger partial charge in [0.2, 0.25) is 0 Å². The van der Waals surface area contributed by atoms with E-state index in [1.807, 2.05) is 42.5 Å². The van der Waals surface area contributed by atoms with Gasteiger partial charge >= 0.3 is 5.97 Å². The molecule has 0 aromatic heterocycles. The van der Waals surface area contributed by atoms with Gasteiger partial charge in [-0.15, -0.1) is 0 Å². The molecule has 1 unspecified atom stereocenters. The van der Waals surface area contributed by atoms with Crippen molar-refractivity contribution in [3.63, 3.8) is 0 Å².